The fourth-order valence-corrected chi connectivity index (χ4v) is 3.59. The highest BCUT2D eigenvalue weighted by Gasteiger charge is 2.20. The fraction of sp³-hybridized carbons (Fsp3) is 0.211. The molecule has 0 unspecified atom stereocenters. The third-order valence-corrected chi connectivity index (χ3v) is 5.09. The van der Waals surface area contributed by atoms with Crippen LogP contribution in [0.15, 0.2) is 47.5 Å². The van der Waals surface area contributed by atoms with Gasteiger partial charge in [0.15, 0.2) is 0 Å². The number of ether oxygens (including phenoxy) is 1. The second-order valence-electron chi connectivity index (χ2n) is 5.98. The first-order valence-electron chi connectivity index (χ1n) is 8.42. The lowest BCUT2D eigenvalue weighted by molar-refractivity contribution is -0.384. The Morgan fingerprint density at radius 2 is 2.00 bits per heavy atom. The molecule has 9 heteroatoms. The van der Waals surface area contributed by atoms with Gasteiger partial charge in [0.05, 0.1) is 34.6 Å². The predicted octanol–water partition coefficient (Wildman–Crippen LogP) is 3.97. The Bertz CT molecular complexity index is 1060. The summed E-state index contributed by atoms with van der Waals surface area (Å²) in [4.78, 5) is 31.9. The summed E-state index contributed by atoms with van der Waals surface area (Å²) in [6, 6.07) is 11.7. The SMILES string of the molecule is COc1cc([N+](=O)[O-])ccc1NC(=O)[C@@H](C)Sc1nc(C)nc2ccccc12. The molecule has 3 rings (SSSR count). The molecule has 0 saturated heterocycles. The Labute approximate surface area is 165 Å². The van der Waals surface area contributed by atoms with Crippen LogP contribution >= 0.6 is 11.8 Å². The van der Waals surface area contributed by atoms with Crippen molar-refractivity contribution in [3.63, 3.8) is 0 Å². The molecule has 0 aliphatic heterocycles. The van der Waals surface area contributed by atoms with Crippen molar-refractivity contribution in [3.05, 3.63) is 58.4 Å². The van der Waals surface area contributed by atoms with Gasteiger partial charge in [0.2, 0.25) is 5.91 Å². The lowest BCUT2D eigenvalue weighted by atomic mass is 10.2. The van der Waals surface area contributed by atoms with Crippen LogP contribution in [-0.4, -0.2) is 33.2 Å². The highest BCUT2D eigenvalue weighted by atomic mass is 32.2. The number of aryl methyl sites for hydroxylation is 1. The highest BCUT2D eigenvalue weighted by Crippen LogP contribution is 2.32. The summed E-state index contributed by atoms with van der Waals surface area (Å²) in [5.41, 5.74) is 1.08. The molecule has 0 aliphatic rings. The summed E-state index contributed by atoms with van der Waals surface area (Å²) >= 11 is 1.32. The van der Waals surface area contributed by atoms with E-state index in [1.807, 2.05) is 31.2 Å². The number of methoxy groups -OCH3 is 1. The Kier molecular flexibility index (Phi) is 5.74. The summed E-state index contributed by atoms with van der Waals surface area (Å²) in [5, 5.41) is 14.8. The first kappa shape index (κ1) is 19.6. The Balaban J connectivity index is 1.80. The topological polar surface area (TPSA) is 107 Å². The van der Waals surface area contributed by atoms with E-state index in [1.54, 1.807) is 6.92 Å². The number of nitrogens with zero attached hydrogens (tertiary/aromatic N) is 3. The van der Waals surface area contributed by atoms with Crippen molar-refractivity contribution >= 4 is 39.9 Å². The van der Waals surface area contributed by atoms with E-state index in [9.17, 15) is 14.9 Å². The molecule has 28 heavy (non-hydrogen) atoms. The molecule has 0 saturated carbocycles. The molecule has 0 bridgehead atoms. The van der Waals surface area contributed by atoms with Crippen LogP contribution in [0.2, 0.25) is 0 Å². The zero-order chi connectivity index (χ0) is 20.3. The number of hydrogen-bond donors (Lipinski definition) is 1. The molecule has 8 nitrogen and oxygen atoms in total. The summed E-state index contributed by atoms with van der Waals surface area (Å²) in [5.74, 6) is 0.589. The number of anilines is 1. The monoisotopic (exact) mass is 398 g/mol. The average Bonchev–Trinajstić information content (AvgIpc) is 2.67. The van der Waals surface area contributed by atoms with Crippen LogP contribution in [0.25, 0.3) is 10.9 Å². The van der Waals surface area contributed by atoms with E-state index in [4.69, 9.17) is 4.74 Å². The van der Waals surface area contributed by atoms with E-state index in [-0.39, 0.29) is 17.3 Å². The molecule has 1 atom stereocenters. The van der Waals surface area contributed by atoms with E-state index < -0.39 is 10.2 Å². The van der Waals surface area contributed by atoms with Crippen molar-refractivity contribution in [1.29, 1.82) is 0 Å². The van der Waals surface area contributed by atoms with Gasteiger partial charge in [-0.05, 0) is 26.0 Å². The van der Waals surface area contributed by atoms with E-state index in [0.29, 0.717) is 11.5 Å². The largest absolute Gasteiger partial charge is 0.494 e. The maximum Gasteiger partial charge on any atom is 0.273 e. The number of carbonyl (C=O) groups is 1. The van der Waals surface area contributed by atoms with E-state index in [2.05, 4.69) is 15.3 Å². The van der Waals surface area contributed by atoms with E-state index in [1.165, 1.54) is 37.1 Å². The van der Waals surface area contributed by atoms with Gasteiger partial charge < -0.3 is 10.1 Å². The first-order chi connectivity index (χ1) is 13.4. The zero-order valence-corrected chi connectivity index (χ0v) is 16.3. The summed E-state index contributed by atoms with van der Waals surface area (Å²) in [6.45, 7) is 3.58. The van der Waals surface area contributed by atoms with E-state index in [0.717, 1.165) is 15.9 Å². The van der Waals surface area contributed by atoms with Gasteiger partial charge in [-0.15, -0.1) is 0 Å². The van der Waals surface area contributed by atoms with Crippen LogP contribution in [0.4, 0.5) is 11.4 Å². The molecular weight excluding hydrogens is 380 g/mol. The second-order valence-corrected chi connectivity index (χ2v) is 7.31. The van der Waals surface area contributed by atoms with Crippen molar-refractivity contribution in [2.75, 3.05) is 12.4 Å². The van der Waals surface area contributed by atoms with Crippen LogP contribution in [0.5, 0.6) is 5.75 Å². The molecule has 0 fully saturated rings. The molecule has 1 amide bonds. The number of amides is 1. The van der Waals surface area contributed by atoms with Gasteiger partial charge in [0.1, 0.15) is 16.6 Å². The Morgan fingerprint density at radius 3 is 2.71 bits per heavy atom. The third kappa shape index (κ3) is 4.20. The van der Waals surface area contributed by atoms with Gasteiger partial charge in [-0.2, -0.15) is 0 Å². The minimum atomic E-state index is -0.519. The minimum Gasteiger partial charge on any atom is -0.494 e. The van der Waals surface area contributed by atoms with Gasteiger partial charge in [-0.1, -0.05) is 30.0 Å². The Hall–Kier alpha value is -3.20. The van der Waals surface area contributed by atoms with Crippen LogP contribution in [-0.2, 0) is 4.79 Å². The average molecular weight is 398 g/mol. The molecule has 0 spiro atoms. The summed E-state index contributed by atoms with van der Waals surface area (Å²) < 4.78 is 5.16. The van der Waals surface area contributed by atoms with Crippen LogP contribution in [0.1, 0.15) is 12.7 Å². The maximum atomic E-state index is 12.7. The number of fused-ring (bicyclic) bond motifs is 1. The van der Waals surface area contributed by atoms with Crippen molar-refractivity contribution in [2.24, 2.45) is 0 Å². The van der Waals surface area contributed by atoms with Crippen molar-refractivity contribution in [1.82, 2.24) is 9.97 Å². The molecule has 1 N–H and O–H groups in total. The third-order valence-electron chi connectivity index (χ3n) is 3.99. The number of rotatable bonds is 6. The Morgan fingerprint density at radius 1 is 1.25 bits per heavy atom. The smallest absolute Gasteiger partial charge is 0.273 e. The molecule has 3 aromatic rings. The fourth-order valence-electron chi connectivity index (χ4n) is 2.60. The van der Waals surface area contributed by atoms with Gasteiger partial charge in [0.25, 0.3) is 5.69 Å². The number of nitro groups is 1. The molecule has 2 aromatic carbocycles. The molecule has 0 radical (unpaired) electrons. The molecular formula is C19H18N4O4S. The van der Waals surface area contributed by atoms with Crippen molar-refractivity contribution in [3.8, 4) is 5.75 Å². The molecule has 1 heterocycles. The summed E-state index contributed by atoms with van der Waals surface area (Å²) in [6.07, 6.45) is 0. The first-order valence-corrected chi connectivity index (χ1v) is 9.30. The minimum absolute atomic E-state index is 0.111. The molecule has 1 aromatic heterocycles. The molecule has 0 aliphatic carbocycles. The van der Waals surface area contributed by atoms with Gasteiger partial charge in [-0.25, -0.2) is 9.97 Å². The zero-order valence-electron chi connectivity index (χ0n) is 15.5. The van der Waals surface area contributed by atoms with Crippen LogP contribution < -0.4 is 10.1 Å². The molecule has 144 valence electrons. The van der Waals surface area contributed by atoms with E-state index >= 15 is 0 Å². The van der Waals surface area contributed by atoms with Crippen LogP contribution in [0.3, 0.4) is 0 Å². The number of hydrogen-bond acceptors (Lipinski definition) is 7. The second kappa shape index (κ2) is 8.22. The number of para-hydroxylation sites is 1. The van der Waals surface area contributed by atoms with Gasteiger partial charge in [-0.3, -0.25) is 14.9 Å². The van der Waals surface area contributed by atoms with Crippen molar-refractivity contribution < 1.29 is 14.5 Å². The van der Waals surface area contributed by atoms with Crippen LogP contribution in [0, 0.1) is 17.0 Å². The van der Waals surface area contributed by atoms with Gasteiger partial charge in [0, 0.05) is 11.5 Å². The standard InChI is InChI=1S/C19H18N4O4S/c1-11(28-19-14-6-4-5-7-15(14)20-12(2)21-19)18(24)22-16-9-8-13(23(25)26)10-17(16)27-3/h4-11H,1-3H3,(H,22,24)/t11-/m1/s1. The number of benzene rings is 2. The number of nitrogens with one attached hydrogen (secondary N) is 1. The number of thioether (sulfide) groups is 1. The maximum absolute atomic E-state index is 12.7. The highest BCUT2D eigenvalue weighted by molar-refractivity contribution is 8.00. The lowest BCUT2D eigenvalue weighted by Crippen LogP contribution is -2.23. The normalized spacial score (nSPS) is 11.8. The number of nitro benzene ring substituents is 1. The predicted molar refractivity (Wildman–Crippen MR) is 108 cm³/mol. The number of aromatic nitrogens is 2. The lowest BCUT2D eigenvalue weighted by Gasteiger charge is -2.15. The van der Waals surface area contributed by atoms with Gasteiger partial charge >= 0.3 is 0 Å². The van der Waals surface area contributed by atoms with Crippen molar-refractivity contribution in [2.45, 2.75) is 24.1 Å². The number of carbonyl (C=O) groups excluding carboxylic acids is 1. The summed E-state index contributed by atoms with van der Waals surface area (Å²) in [7, 11) is 1.39. The quantitative estimate of drug-likeness (QED) is 0.290. The number of non-ortho nitro benzene ring substituents is 1.